The minimum atomic E-state index is 0.220. The molecule has 1 atom stereocenters. The first-order valence-electron chi connectivity index (χ1n) is 8.92. The second-order valence-corrected chi connectivity index (χ2v) is 6.55. The van der Waals surface area contributed by atoms with Crippen LogP contribution >= 0.6 is 0 Å². The van der Waals surface area contributed by atoms with E-state index in [4.69, 9.17) is 14.2 Å². The summed E-state index contributed by atoms with van der Waals surface area (Å²) in [5, 5.41) is 6.00. The summed E-state index contributed by atoms with van der Waals surface area (Å²) in [5.41, 5.74) is 2.45. The quantitative estimate of drug-likeness (QED) is 0.738. The fraction of sp³-hybridized carbons (Fsp3) is 0.273. The van der Waals surface area contributed by atoms with E-state index in [1.54, 1.807) is 7.11 Å². The Bertz CT molecular complexity index is 922. The lowest BCUT2D eigenvalue weighted by Crippen LogP contribution is -2.19. The fourth-order valence-electron chi connectivity index (χ4n) is 3.23. The van der Waals surface area contributed by atoms with Gasteiger partial charge in [-0.1, -0.05) is 24.3 Å². The molecule has 0 bridgehead atoms. The van der Waals surface area contributed by atoms with Crippen LogP contribution in [0.2, 0.25) is 0 Å². The van der Waals surface area contributed by atoms with Gasteiger partial charge in [0.05, 0.1) is 7.11 Å². The summed E-state index contributed by atoms with van der Waals surface area (Å²) in [6.07, 6.45) is 0. The standard InChI is InChI=1S/C22H23NO3/c1-15(17-6-8-21-22(13-17)26-10-9-25-21)23-14-16-3-4-19-12-20(24-2)7-5-18(19)11-16/h3-8,11-13,15,23H,9-10,14H2,1-2H3/t15-/m0/s1. The van der Waals surface area contributed by atoms with Crippen molar-refractivity contribution in [3.63, 3.8) is 0 Å². The lowest BCUT2D eigenvalue weighted by molar-refractivity contribution is 0.171. The van der Waals surface area contributed by atoms with Gasteiger partial charge < -0.3 is 19.5 Å². The summed E-state index contributed by atoms with van der Waals surface area (Å²) in [6.45, 7) is 4.20. The van der Waals surface area contributed by atoms with Crippen LogP contribution in [0.1, 0.15) is 24.1 Å². The average Bonchev–Trinajstić information content (AvgIpc) is 2.71. The van der Waals surface area contributed by atoms with Crippen LogP contribution in [0.5, 0.6) is 17.2 Å². The smallest absolute Gasteiger partial charge is 0.161 e. The molecule has 0 saturated carbocycles. The van der Waals surface area contributed by atoms with Gasteiger partial charge >= 0.3 is 0 Å². The molecule has 4 rings (SSSR count). The Hall–Kier alpha value is -2.72. The highest BCUT2D eigenvalue weighted by Crippen LogP contribution is 2.32. The lowest BCUT2D eigenvalue weighted by Gasteiger charge is -2.21. The molecule has 1 heterocycles. The number of methoxy groups -OCH3 is 1. The molecular weight excluding hydrogens is 326 g/mol. The molecule has 1 aliphatic rings. The average molecular weight is 349 g/mol. The third-order valence-electron chi connectivity index (χ3n) is 4.79. The van der Waals surface area contributed by atoms with Crippen LogP contribution in [0.25, 0.3) is 10.8 Å². The Morgan fingerprint density at radius 2 is 1.69 bits per heavy atom. The number of benzene rings is 3. The van der Waals surface area contributed by atoms with Crippen LogP contribution < -0.4 is 19.5 Å². The molecule has 1 aliphatic heterocycles. The van der Waals surface area contributed by atoms with Gasteiger partial charge in [0, 0.05) is 12.6 Å². The SMILES string of the molecule is COc1ccc2cc(CN[C@@H](C)c3ccc4c(c3)OCCO4)ccc2c1. The molecule has 0 unspecified atom stereocenters. The van der Waals surface area contributed by atoms with Crippen LogP contribution in [0.4, 0.5) is 0 Å². The number of nitrogens with one attached hydrogen (secondary N) is 1. The molecule has 0 radical (unpaired) electrons. The highest BCUT2D eigenvalue weighted by atomic mass is 16.6. The largest absolute Gasteiger partial charge is 0.497 e. The minimum absolute atomic E-state index is 0.220. The van der Waals surface area contributed by atoms with E-state index < -0.39 is 0 Å². The monoisotopic (exact) mass is 349 g/mol. The van der Waals surface area contributed by atoms with Crippen LogP contribution in [0, 0.1) is 0 Å². The third kappa shape index (κ3) is 3.46. The van der Waals surface area contributed by atoms with Gasteiger partial charge in [-0.3, -0.25) is 0 Å². The van der Waals surface area contributed by atoms with Gasteiger partial charge in [0.2, 0.25) is 0 Å². The van der Waals surface area contributed by atoms with E-state index >= 15 is 0 Å². The Kier molecular flexibility index (Phi) is 4.67. The third-order valence-corrected chi connectivity index (χ3v) is 4.79. The van der Waals surface area contributed by atoms with E-state index in [-0.39, 0.29) is 6.04 Å². The number of hydrogen-bond donors (Lipinski definition) is 1. The van der Waals surface area contributed by atoms with E-state index in [9.17, 15) is 0 Å². The fourth-order valence-corrected chi connectivity index (χ4v) is 3.23. The van der Waals surface area contributed by atoms with Gasteiger partial charge in [-0.25, -0.2) is 0 Å². The Balaban J connectivity index is 1.45. The second-order valence-electron chi connectivity index (χ2n) is 6.55. The highest BCUT2D eigenvalue weighted by Gasteiger charge is 2.14. The summed E-state index contributed by atoms with van der Waals surface area (Å²) >= 11 is 0. The summed E-state index contributed by atoms with van der Waals surface area (Å²) in [7, 11) is 1.69. The molecule has 0 saturated heterocycles. The van der Waals surface area contributed by atoms with Crippen molar-refractivity contribution in [2.75, 3.05) is 20.3 Å². The van der Waals surface area contributed by atoms with Crippen LogP contribution in [-0.4, -0.2) is 20.3 Å². The van der Waals surface area contributed by atoms with Crippen molar-refractivity contribution in [2.45, 2.75) is 19.5 Å². The van der Waals surface area contributed by atoms with Crippen LogP contribution in [0.3, 0.4) is 0 Å². The molecule has 1 N–H and O–H groups in total. The van der Waals surface area contributed by atoms with Crippen LogP contribution in [0.15, 0.2) is 54.6 Å². The van der Waals surface area contributed by atoms with Crippen molar-refractivity contribution in [2.24, 2.45) is 0 Å². The van der Waals surface area contributed by atoms with Gasteiger partial charge in [0.15, 0.2) is 11.5 Å². The van der Waals surface area contributed by atoms with Gasteiger partial charge in [-0.15, -0.1) is 0 Å². The zero-order valence-electron chi connectivity index (χ0n) is 15.1. The highest BCUT2D eigenvalue weighted by molar-refractivity contribution is 5.84. The lowest BCUT2D eigenvalue weighted by atomic mass is 10.0. The normalized spacial score (nSPS) is 14.2. The maximum absolute atomic E-state index is 5.68. The van der Waals surface area contributed by atoms with Gasteiger partial charge in [-0.05, 0) is 59.2 Å². The Labute approximate surface area is 153 Å². The molecule has 0 aliphatic carbocycles. The van der Waals surface area contributed by atoms with Crippen molar-refractivity contribution in [3.8, 4) is 17.2 Å². The molecule has 3 aromatic rings. The molecule has 4 nitrogen and oxygen atoms in total. The van der Waals surface area contributed by atoms with Crippen LogP contribution in [-0.2, 0) is 6.54 Å². The zero-order chi connectivity index (χ0) is 17.9. The summed E-state index contributed by atoms with van der Waals surface area (Å²) in [6, 6.07) is 19.1. The van der Waals surface area contributed by atoms with E-state index in [2.05, 4.69) is 54.7 Å². The Morgan fingerprint density at radius 1 is 0.923 bits per heavy atom. The van der Waals surface area contributed by atoms with E-state index in [1.165, 1.54) is 21.9 Å². The maximum atomic E-state index is 5.68. The van der Waals surface area contributed by atoms with Crippen molar-refractivity contribution in [1.29, 1.82) is 0 Å². The second kappa shape index (κ2) is 7.26. The van der Waals surface area contributed by atoms with Crippen molar-refractivity contribution < 1.29 is 14.2 Å². The number of ether oxygens (including phenoxy) is 3. The topological polar surface area (TPSA) is 39.7 Å². The van der Waals surface area contributed by atoms with Gasteiger partial charge in [-0.2, -0.15) is 0 Å². The molecule has 0 spiro atoms. The number of rotatable bonds is 5. The summed E-state index contributed by atoms with van der Waals surface area (Å²) in [4.78, 5) is 0. The first kappa shape index (κ1) is 16.7. The molecule has 0 aromatic heterocycles. The molecule has 134 valence electrons. The maximum Gasteiger partial charge on any atom is 0.161 e. The molecule has 3 aromatic carbocycles. The molecule has 4 heteroatoms. The van der Waals surface area contributed by atoms with E-state index in [0.717, 1.165) is 23.8 Å². The van der Waals surface area contributed by atoms with E-state index in [0.29, 0.717) is 13.2 Å². The van der Waals surface area contributed by atoms with E-state index in [1.807, 2.05) is 12.1 Å². The van der Waals surface area contributed by atoms with Gasteiger partial charge in [0.25, 0.3) is 0 Å². The predicted octanol–water partition coefficient (Wildman–Crippen LogP) is 4.47. The first-order valence-corrected chi connectivity index (χ1v) is 8.92. The first-order chi connectivity index (χ1) is 12.7. The van der Waals surface area contributed by atoms with Crippen molar-refractivity contribution >= 4 is 10.8 Å². The summed E-state index contributed by atoms with van der Waals surface area (Å²) < 4.78 is 16.6. The molecular formula is C22H23NO3. The molecule has 0 fully saturated rings. The molecule has 26 heavy (non-hydrogen) atoms. The zero-order valence-corrected chi connectivity index (χ0v) is 15.1. The number of fused-ring (bicyclic) bond motifs is 2. The predicted molar refractivity (Wildman–Crippen MR) is 103 cm³/mol. The van der Waals surface area contributed by atoms with Crippen molar-refractivity contribution in [1.82, 2.24) is 5.32 Å². The summed E-state index contributed by atoms with van der Waals surface area (Å²) in [5.74, 6) is 2.55. The molecule has 0 amide bonds. The van der Waals surface area contributed by atoms with Gasteiger partial charge in [0.1, 0.15) is 19.0 Å². The minimum Gasteiger partial charge on any atom is -0.497 e. The van der Waals surface area contributed by atoms with Crippen molar-refractivity contribution in [3.05, 3.63) is 65.7 Å². The Morgan fingerprint density at radius 3 is 2.54 bits per heavy atom. The number of hydrogen-bond acceptors (Lipinski definition) is 4.